The van der Waals surface area contributed by atoms with Crippen molar-refractivity contribution in [3.63, 3.8) is 0 Å². The Morgan fingerprint density at radius 1 is 1.12 bits per heavy atom. The van der Waals surface area contributed by atoms with Crippen LogP contribution in [0.15, 0.2) is 42.5 Å². The Labute approximate surface area is 192 Å². The van der Waals surface area contributed by atoms with Crippen LogP contribution in [0.4, 0.5) is 18.9 Å². The molecule has 2 N–H and O–H groups in total. The normalized spacial score (nSPS) is 11.2. The summed E-state index contributed by atoms with van der Waals surface area (Å²) >= 11 is 0. The first-order valence-electron chi connectivity index (χ1n) is 10.2. The topological polar surface area (TPSA) is 103 Å². The Balaban J connectivity index is 1.76. The molecule has 0 radical (unpaired) electrons. The molecule has 0 saturated heterocycles. The van der Waals surface area contributed by atoms with E-state index in [0.29, 0.717) is 16.0 Å². The molecule has 0 spiro atoms. The van der Waals surface area contributed by atoms with Crippen LogP contribution < -0.4 is 14.8 Å². The zero-order chi connectivity index (χ0) is 25.0. The maximum atomic E-state index is 12.8. The molecule has 1 amide bonds. The van der Waals surface area contributed by atoms with Gasteiger partial charge in [0.15, 0.2) is 29.7 Å². The predicted octanol–water partition coefficient (Wildman–Crippen LogP) is 4.73. The quantitative estimate of drug-likeness (QED) is 0.359. The largest absolute Gasteiger partial charge is 0.490 e. The third-order valence-electron chi connectivity index (χ3n) is 4.70. The molecule has 0 bridgehead atoms. The molecule has 1 heterocycles. The molecule has 0 saturated carbocycles. The van der Waals surface area contributed by atoms with Crippen LogP contribution in [0, 0.1) is 6.92 Å². The summed E-state index contributed by atoms with van der Waals surface area (Å²) in [5.41, 5.74) is -0.0579. The molecule has 11 heteroatoms. The van der Waals surface area contributed by atoms with Crippen molar-refractivity contribution < 1.29 is 37.4 Å². The number of imidazole rings is 1. The van der Waals surface area contributed by atoms with Crippen LogP contribution >= 0.6 is 0 Å². The van der Waals surface area contributed by atoms with Crippen LogP contribution in [0.1, 0.15) is 35.6 Å². The molecule has 180 valence electrons. The number of halogens is 3. The lowest BCUT2D eigenvalue weighted by atomic mass is 10.2. The second-order valence-electron chi connectivity index (χ2n) is 7.25. The number of benzene rings is 2. The van der Waals surface area contributed by atoms with Crippen molar-refractivity contribution in [1.82, 2.24) is 9.71 Å². The number of aromatic nitrogens is 2. The van der Waals surface area contributed by atoms with Gasteiger partial charge in [-0.3, -0.25) is 9.59 Å². The van der Waals surface area contributed by atoms with Gasteiger partial charge in [-0.2, -0.15) is 17.9 Å². The minimum atomic E-state index is -4.53. The van der Waals surface area contributed by atoms with E-state index in [1.165, 1.54) is 31.2 Å². The molecule has 1 aromatic heterocycles. The summed E-state index contributed by atoms with van der Waals surface area (Å²) in [6.07, 6.45) is -4.53. The summed E-state index contributed by atoms with van der Waals surface area (Å²) < 4.78 is 50.3. The highest BCUT2D eigenvalue weighted by molar-refractivity contribution is 5.94. The summed E-state index contributed by atoms with van der Waals surface area (Å²) in [5.74, 6) is -0.451. The lowest BCUT2D eigenvalue weighted by molar-refractivity contribution is -0.137. The van der Waals surface area contributed by atoms with Crippen molar-refractivity contribution in [3.8, 4) is 22.9 Å². The van der Waals surface area contributed by atoms with E-state index in [4.69, 9.17) is 9.47 Å². The summed E-state index contributed by atoms with van der Waals surface area (Å²) in [6, 6.07) is 8.84. The molecule has 34 heavy (non-hydrogen) atoms. The molecule has 0 aliphatic rings. The molecule has 0 aliphatic heterocycles. The number of carbonyl (C=O) groups excluding carboxylic acids is 2. The average molecular weight is 477 g/mol. The van der Waals surface area contributed by atoms with Crippen LogP contribution in [0.2, 0.25) is 0 Å². The lowest BCUT2D eigenvalue weighted by Gasteiger charge is -2.14. The molecular weight excluding hydrogens is 455 g/mol. The van der Waals surface area contributed by atoms with Gasteiger partial charge in [0.1, 0.15) is 5.69 Å². The van der Waals surface area contributed by atoms with Crippen molar-refractivity contribution in [2.24, 2.45) is 0 Å². The van der Waals surface area contributed by atoms with Crippen molar-refractivity contribution in [2.45, 2.75) is 26.9 Å². The zero-order valence-electron chi connectivity index (χ0n) is 18.6. The first-order valence-corrected chi connectivity index (χ1v) is 10.2. The fourth-order valence-electron chi connectivity index (χ4n) is 3.26. The number of hydrogen-bond donors (Lipinski definition) is 2. The predicted molar refractivity (Wildman–Crippen MR) is 116 cm³/mol. The van der Waals surface area contributed by atoms with Gasteiger partial charge < -0.3 is 20.0 Å². The number of hydrogen-bond acceptors (Lipinski definition) is 6. The number of ketones is 1. The Bertz CT molecular complexity index is 1220. The van der Waals surface area contributed by atoms with Gasteiger partial charge in [-0.25, -0.2) is 4.98 Å². The Hall–Kier alpha value is -4.02. The van der Waals surface area contributed by atoms with Gasteiger partial charge in [-0.15, -0.1) is 0 Å². The third kappa shape index (κ3) is 5.48. The van der Waals surface area contributed by atoms with Crippen molar-refractivity contribution in [3.05, 3.63) is 59.4 Å². The molecule has 0 unspecified atom stereocenters. The highest BCUT2D eigenvalue weighted by Crippen LogP contribution is 2.33. The maximum Gasteiger partial charge on any atom is 0.416 e. The molecule has 3 rings (SSSR count). The molecule has 2 aromatic carbocycles. The number of Topliss-reactive ketones (excluding diaryl/α,β-unsaturated/α-hetero) is 1. The number of ether oxygens (including phenoxy) is 2. The highest BCUT2D eigenvalue weighted by atomic mass is 19.4. The van der Waals surface area contributed by atoms with E-state index in [1.54, 1.807) is 19.9 Å². The number of amides is 1. The minimum absolute atomic E-state index is 0.0183. The minimum Gasteiger partial charge on any atom is -0.490 e. The van der Waals surface area contributed by atoms with E-state index in [1.807, 2.05) is 0 Å². The van der Waals surface area contributed by atoms with Crippen LogP contribution in [0.3, 0.4) is 0 Å². The van der Waals surface area contributed by atoms with Crippen LogP contribution in [0.25, 0.3) is 11.4 Å². The summed E-state index contributed by atoms with van der Waals surface area (Å²) in [4.78, 5) is 28.2. The standard InChI is InChI=1S/C23H22F3N3O5/c1-4-33-19-10-15(22-27-13(2)21(14(3)30)29(22)32)8-9-18(19)34-12-20(31)28-17-7-5-6-16(11-17)23(24,25)26/h5-11,32H,4,12H2,1-3H3,(H,28,31). The van der Waals surface area contributed by atoms with Crippen LogP contribution in [-0.4, -0.2) is 39.8 Å². The summed E-state index contributed by atoms with van der Waals surface area (Å²) in [7, 11) is 0. The van der Waals surface area contributed by atoms with Crippen molar-refractivity contribution >= 4 is 17.4 Å². The SMILES string of the molecule is CCOc1cc(-c2nc(C)c(C(C)=O)n2O)ccc1OCC(=O)Nc1cccc(C(F)(F)F)c1. The maximum absolute atomic E-state index is 12.8. The van der Waals surface area contributed by atoms with E-state index >= 15 is 0 Å². The highest BCUT2D eigenvalue weighted by Gasteiger charge is 2.30. The number of alkyl halides is 3. The van der Waals surface area contributed by atoms with Gasteiger partial charge >= 0.3 is 6.18 Å². The number of rotatable bonds is 8. The smallest absolute Gasteiger partial charge is 0.416 e. The number of carbonyl (C=O) groups is 2. The summed E-state index contributed by atoms with van der Waals surface area (Å²) in [5, 5.41) is 12.7. The van der Waals surface area contributed by atoms with Gasteiger partial charge in [0.2, 0.25) is 0 Å². The second-order valence-corrected chi connectivity index (χ2v) is 7.25. The fourth-order valence-corrected chi connectivity index (χ4v) is 3.26. The van der Waals surface area contributed by atoms with E-state index < -0.39 is 24.3 Å². The van der Waals surface area contributed by atoms with Crippen LogP contribution in [-0.2, 0) is 11.0 Å². The van der Waals surface area contributed by atoms with E-state index in [0.717, 1.165) is 12.1 Å². The van der Waals surface area contributed by atoms with E-state index in [2.05, 4.69) is 10.3 Å². The van der Waals surface area contributed by atoms with Crippen molar-refractivity contribution in [2.75, 3.05) is 18.5 Å². The monoisotopic (exact) mass is 477 g/mol. The third-order valence-corrected chi connectivity index (χ3v) is 4.70. The molecular formula is C23H22F3N3O5. The van der Waals surface area contributed by atoms with Gasteiger partial charge in [-0.1, -0.05) is 6.07 Å². The van der Waals surface area contributed by atoms with E-state index in [-0.39, 0.29) is 41.1 Å². The molecule has 0 atom stereocenters. The number of nitrogens with zero attached hydrogens (tertiary/aromatic N) is 2. The molecule has 0 fully saturated rings. The average Bonchev–Trinajstić information content (AvgIpc) is 3.06. The molecule has 0 aliphatic carbocycles. The van der Waals surface area contributed by atoms with Crippen LogP contribution in [0.5, 0.6) is 11.5 Å². The number of aryl methyl sites for hydroxylation is 1. The van der Waals surface area contributed by atoms with E-state index in [9.17, 15) is 28.0 Å². The molecule has 3 aromatic rings. The molecule has 8 nitrogen and oxygen atoms in total. The van der Waals surface area contributed by atoms with Gasteiger partial charge in [0, 0.05) is 18.2 Å². The van der Waals surface area contributed by atoms with Gasteiger partial charge in [0.05, 0.1) is 17.9 Å². The van der Waals surface area contributed by atoms with Gasteiger partial charge in [-0.05, 0) is 50.2 Å². The Morgan fingerprint density at radius 3 is 2.47 bits per heavy atom. The lowest BCUT2D eigenvalue weighted by Crippen LogP contribution is -2.20. The first kappa shape index (κ1) is 24.6. The zero-order valence-corrected chi connectivity index (χ0v) is 18.6. The van der Waals surface area contributed by atoms with Gasteiger partial charge in [0.25, 0.3) is 5.91 Å². The Kier molecular flexibility index (Phi) is 7.14. The second kappa shape index (κ2) is 9.86. The Morgan fingerprint density at radius 2 is 1.85 bits per heavy atom. The number of anilines is 1. The van der Waals surface area contributed by atoms with Crippen molar-refractivity contribution in [1.29, 1.82) is 0 Å². The summed E-state index contributed by atoms with van der Waals surface area (Å²) in [6.45, 7) is 4.42. The fraction of sp³-hybridized carbons (Fsp3) is 0.261. The number of nitrogens with one attached hydrogen (secondary N) is 1. The first-order chi connectivity index (χ1) is 16.0.